The van der Waals surface area contributed by atoms with E-state index in [1.807, 2.05) is 18.5 Å². The minimum atomic E-state index is 0.153. The van der Waals surface area contributed by atoms with Crippen LogP contribution in [0.1, 0.15) is 42.8 Å². The van der Waals surface area contributed by atoms with Crippen LogP contribution < -0.4 is 11.1 Å². The van der Waals surface area contributed by atoms with Gasteiger partial charge >= 0.3 is 0 Å². The predicted molar refractivity (Wildman–Crippen MR) is 88.3 cm³/mol. The van der Waals surface area contributed by atoms with Crippen molar-refractivity contribution in [2.45, 2.75) is 45.2 Å². The van der Waals surface area contributed by atoms with E-state index in [1.165, 1.54) is 5.56 Å². The lowest BCUT2D eigenvalue weighted by Crippen LogP contribution is -2.34. The molecular weight excluding hydrogens is 274 g/mol. The summed E-state index contributed by atoms with van der Waals surface area (Å²) in [5.74, 6) is 0. The second-order valence-corrected chi connectivity index (χ2v) is 5.62. The maximum absolute atomic E-state index is 5.68. The molecule has 22 heavy (non-hydrogen) atoms. The van der Waals surface area contributed by atoms with E-state index in [1.54, 1.807) is 12.4 Å². The van der Waals surface area contributed by atoms with Gasteiger partial charge in [-0.15, -0.1) is 0 Å². The van der Waals surface area contributed by atoms with Gasteiger partial charge in [0.1, 0.15) is 0 Å². The zero-order chi connectivity index (χ0) is 15.8. The smallest absolute Gasteiger partial charge is 0.0753 e. The Balaban J connectivity index is 2.04. The van der Waals surface area contributed by atoms with Gasteiger partial charge in [0.15, 0.2) is 0 Å². The van der Waals surface area contributed by atoms with Crippen molar-refractivity contribution in [1.29, 1.82) is 0 Å². The lowest BCUT2D eigenvalue weighted by molar-refractivity contribution is 0.412. The summed E-state index contributed by atoms with van der Waals surface area (Å²) in [6.45, 7) is 4.93. The van der Waals surface area contributed by atoms with Crippen LogP contribution in [0.15, 0.2) is 36.9 Å². The standard InChI is InChI=1S/C17H25N5/c1-13-5-4-8-20-16(13)11-15(6-3-7-18)22-14(2)17-12-19-9-10-21-17/h4-5,8-10,12,14-15,22H,3,6-7,11,18H2,1-2H3. The van der Waals surface area contributed by atoms with Gasteiger partial charge < -0.3 is 11.1 Å². The van der Waals surface area contributed by atoms with E-state index in [0.29, 0.717) is 12.6 Å². The summed E-state index contributed by atoms with van der Waals surface area (Å²) >= 11 is 0. The first-order chi connectivity index (χ1) is 10.7. The highest BCUT2D eigenvalue weighted by atomic mass is 15.0. The van der Waals surface area contributed by atoms with Crippen LogP contribution in [0.2, 0.25) is 0 Å². The van der Waals surface area contributed by atoms with Gasteiger partial charge in [-0.2, -0.15) is 0 Å². The molecule has 0 amide bonds. The van der Waals surface area contributed by atoms with E-state index in [4.69, 9.17) is 5.73 Å². The van der Waals surface area contributed by atoms with Crippen molar-refractivity contribution in [3.05, 3.63) is 53.9 Å². The van der Waals surface area contributed by atoms with E-state index in [-0.39, 0.29) is 6.04 Å². The number of pyridine rings is 1. The van der Waals surface area contributed by atoms with Crippen molar-refractivity contribution < 1.29 is 0 Å². The minimum Gasteiger partial charge on any atom is -0.330 e. The second-order valence-electron chi connectivity index (χ2n) is 5.62. The average Bonchev–Trinajstić information content (AvgIpc) is 2.55. The molecule has 118 valence electrons. The Morgan fingerprint density at radius 2 is 2.09 bits per heavy atom. The van der Waals surface area contributed by atoms with Crippen LogP contribution >= 0.6 is 0 Å². The van der Waals surface area contributed by atoms with E-state index in [0.717, 1.165) is 30.7 Å². The van der Waals surface area contributed by atoms with Gasteiger partial charge in [-0.3, -0.25) is 15.0 Å². The van der Waals surface area contributed by atoms with Crippen LogP contribution in [-0.4, -0.2) is 27.5 Å². The largest absolute Gasteiger partial charge is 0.330 e. The molecule has 0 aliphatic rings. The van der Waals surface area contributed by atoms with Crippen molar-refractivity contribution in [3.8, 4) is 0 Å². The highest BCUT2D eigenvalue weighted by Gasteiger charge is 2.16. The molecule has 0 saturated carbocycles. The first-order valence-corrected chi connectivity index (χ1v) is 7.83. The van der Waals surface area contributed by atoms with E-state index in [2.05, 4.69) is 40.2 Å². The lowest BCUT2D eigenvalue weighted by atomic mass is 10.0. The molecule has 5 heteroatoms. The Kier molecular flexibility index (Phi) is 6.43. The van der Waals surface area contributed by atoms with Gasteiger partial charge in [-0.1, -0.05) is 6.07 Å². The number of hydrogen-bond acceptors (Lipinski definition) is 5. The molecule has 0 aromatic carbocycles. The molecule has 0 aliphatic heterocycles. The molecule has 2 heterocycles. The fourth-order valence-corrected chi connectivity index (χ4v) is 2.55. The Bertz CT molecular complexity index is 558. The van der Waals surface area contributed by atoms with Crippen molar-refractivity contribution in [2.24, 2.45) is 5.73 Å². The summed E-state index contributed by atoms with van der Waals surface area (Å²) in [5, 5.41) is 3.65. The first-order valence-electron chi connectivity index (χ1n) is 7.83. The zero-order valence-electron chi connectivity index (χ0n) is 13.4. The monoisotopic (exact) mass is 299 g/mol. The third-order valence-corrected chi connectivity index (χ3v) is 3.83. The Hall–Kier alpha value is -1.85. The maximum Gasteiger partial charge on any atom is 0.0753 e. The molecule has 5 nitrogen and oxygen atoms in total. The van der Waals surface area contributed by atoms with Crippen molar-refractivity contribution in [1.82, 2.24) is 20.3 Å². The molecule has 2 unspecified atom stereocenters. The highest BCUT2D eigenvalue weighted by Crippen LogP contribution is 2.14. The lowest BCUT2D eigenvalue weighted by Gasteiger charge is -2.23. The molecule has 3 N–H and O–H groups in total. The fraction of sp³-hybridized carbons (Fsp3) is 0.471. The zero-order valence-corrected chi connectivity index (χ0v) is 13.4. The normalized spacial score (nSPS) is 13.8. The molecular formula is C17H25N5. The van der Waals surface area contributed by atoms with Gasteiger partial charge in [0.2, 0.25) is 0 Å². The SMILES string of the molecule is Cc1cccnc1CC(CCCN)NC(C)c1cnccn1. The number of nitrogens with one attached hydrogen (secondary N) is 1. The molecule has 2 atom stereocenters. The molecule has 0 saturated heterocycles. The third-order valence-electron chi connectivity index (χ3n) is 3.83. The van der Waals surface area contributed by atoms with Gasteiger partial charge in [0, 0.05) is 49.0 Å². The quantitative estimate of drug-likeness (QED) is 0.781. The van der Waals surface area contributed by atoms with Gasteiger partial charge in [0.05, 0.1) is 5.69 Å². The molecule has 2 aromatic rings. The fourth-order valence-electron chi connectivity index (χ4n) is 2.55. The summed E-state index contributed by atoms with van der Waals surface area (Å²) in [5.41, 5.74) is 9.01. The number of aryl methyl sites for hydroxylation is 1. The molecule has 2 rings (SSSR count). The Labute approximate surface area is 132 Å². The molecule has 0 aliphatic carbocycles. The maximum atomic E-state index is 5.68. The summed E-state index contributed by atoms with van der Waals surface area (Å²) in [6, 6.07) is 4.56. The predicted octanol–water partition coefficient (Wildman–Crippen LogP) is 2.18. The number of aromatic nitrogens is 3. The first kappa shape index (κ1) is 16.5. The molecule has 2 aromatic heterocycles. The summed E-state index contributed by atoms with van der Waals surface area (Å²) in [4.78, 5) is 13.0. The Morgan fingerprint density at radius 3 is 2.77 bits per heavy atom. The van der Waals surface area contributed by atoms with E-state index < -0.39 is 0 Å². The van der Waals surface area contributed by atoms with Crippen LogP contribution in [0.4, 0.5) is 0 Å². The van der Waals surface area contributed by atoms with Crippen molar-refractivity contribution >= 4 is 0 Å². The molecule has 0 fully saturated rings. The van der Waals surface area contributed by atoms with Gasteiger partial charge in [-0.05, 0) is 44.9 Å². The summed E-state index contributed by atoms with van der Waals surface area (Å²) in [7, 11) is 0. The second kappa shape index (κ2) is 8.56. The van der Waals surface area contributed by atoms with E-state index >= 15 is 0 Å². The van der Waals surface area contributed by atoms with Crippen LogP contribution in [0, 0.1) is 6.92 Å². The van der Waals surface area contributed by atoms with Crippen LogP contribution in [0.3, 0.4) is 0 Å². The minimum absolute atomic E-state index is 0.153. The highest BCUT2D eigenvalue weighted by molar-refractivity contribution is 5.18. The van der Waals surface area contributed by atoms with E-state index in [9.17, 15) is 0 Å². The van der Waals surface area contributed by atoms with Crippen LogP contribution in [0.5, 0.6) is 0 Å². The summed E-state index contributed by atoms with van der Waals surface area (Å²) < 4.78 is 0. The number of nitrogens with two attached hydrogens (primary N) is 1. The van der Waals surface area contributed by atoms with Crippen molar-refractivity contribution in [2.75, 3.05) is 6.54 Å². The summed E-state index contributed by atoms with van der Waals surface area (Å²) in [6.07, 6.45) is 10.0. The molecule has 0 spiro atoms. The molecule has 0 bridgehead atoms. The van der Waals surface area contributed by atoms with Gasteiger partial charge in [-0.25, -0.2) is 0 Å². The number of rotatable bonds is 8. The van der Waals surface area contributed by atoms with Gasteiger partial charge in [0.25, 0.3) is 0 Å². The topological polar surface area (TPSA) is 76.7 Å². The van der Waals surface area contributed by atoms with Crippen molar-refractivity contribution in [3.63, 3.8) is 0 Å². The van der Waals surface area contributed by atoms with Crippen LogP contribution in [-0.2, 0) is 6.42 Å². The number of hydrogen-bond donors (Lipinski definition) is 2. The number of nitrogens with zero attached hydrogens (tertiary/aromatic N) is 3. The molecule has 0 radical (unpaired) electrons. The average molecular weight is 299 g/mol. The van der Waals surface area contributed by atoms with Crippen LogP contribution in [0.25, 0.3) is 0 Å². The Morgan fingerprint density at radius 1 is 1.23 bits per heavy atom. The third kappa shape index (κ3) is 4.86.